The molecule has 0 spiro atoms. The standard InChI is InChI=1S/C26H32N4O6S2/c1-15-12-19(25(31)35-5)6-7-21(15)30-38(32,33)22-13-20(14-27-24(22)34-4)23-17(3)29-26(37-23)28-16(2)18-8-10-36-11-9-18/h6-7,12-14,16,18,30H,8-11H2,1-5H3,(H,28,29). The summed E-state index contributed by atoms with van der Waals surface area (Å²) in [6.07, 6.45) is 3.60. The molecule has 1 saturated heterocycles. The molecule has 0 bridgehead atoms. The van der Waals surface area contributed by atoms with E-state index in [0.29, 0.717) is 28.3 Å². The lowest BCUT2D eigenvalue weighted by Crippen LogP contribution is -2.30. The molecule has 0 amide bonds. The number of nitrogens with one attached hydrogen (secondary N) is 2. The maximum atomic E-state index is 13.4. The number of aryl methyl sites for hydroxylation is 2. The third-order valence-electron chi connectivity index (χ3n) is 6.58. The highest BCUT2D eigenvalue weighted by atomic mass is 32.2. The molecule has 0 saturated carbocycles. The van der Waals surface area contributed by atoms with E-state index in [9.17, 15) is 13.2 Å². The third-order valence-corrected chi connectivity index (χ3v) is 9.07. The fourth-order valence-corrected chi connectivity index (χ4v) is 6.70. The Kier molecular flexibility index (Phi) is 8.54. The van der Waals surface area contributed by atoms with Gasteiger partial charge in [0, 0.05) is 31.0 Å². The van der Waals surface area contributed by atoms with Gasteiger partial charge in [-0.1, -0.05) is 11.3 Å². The van der Waals surface area contributed by atoms with Crippen LogP contribution in [0, 0.1) is 19.8 Å². The van der Waals surface area contributed by atoms with Gasteiger partial charge < -0.3 is 19.5 Å². The Morgan fingerprint density at radius 2 is 1.92 bits per heavy atom. The molecule has 3 heterocycles. The Hall–Kier alpha value is -3.22. The maximum absolute atomic E-state index is 13.4. The zero-order valence-electron chi connectivity index (χ0n) is 22.0. The van der Waals surface area contributed by atoms with Crippen molar-refractivity contribution in [2.45, 2.75) is 44.6 Å². The molecule has 1 fully saturated rings. The van der Waals surface area contributed by atoms with Crippen LogP contribution in [0.3, 0.4) is 0 Å². The number of hydrogen-bond donors (Lipinski definition) is 2. The van der Waals surface area contributed by atoms with Crippen molar-refractivity contribution in [3.05, 3.63) is 47.3 Å². The van der Waals surface area contributed by atoms with Crippen molar-refractivity contribution in [1.29, 1.82) is 0 Å². The number of nitrogens with zero attached hydrogens (tertiary/aromatic N) is 2. The first-order valence-electron chi connectivity index (χ1n) is 12.2. The van der Waals surface area contributed by atoms with Crippen molar-refractivity contribution in [3.63, 3.8) is 0 Å². The van der Waals surface area contributed by atoms with Gasteiger partial charge in [0.05, 0.1) is 36.0 Å². The van der Waals surface area contributed by atoms with Gasteiger partial charge in [0.1, 0.15) is 4.90 Å². The minimum absolute atomic E-state index is 0.0289. The lowest BCUT2D eigenvalue weighted by Gasteiger charge is -2.28. The molecule has 1 aliphatic heterocycles. The van der Waals surface area contributed by atoms with Gasteiger partial charge in [-0.05, 0) is 69.4 Å². The van der Waals surface area contributed by atoms with Gasteiger partial charge in [-0.2, -0.15) is 0 Å². The fourth-order valence-electron chi connectivity index (χ4n) is 4.38. The molecule has 38 heavy (non-hydrogen) atoms. The molecule has 2 aromatic heterocycles. The SMILES string of the molecule is COC(=O)c1ccc(NS(=O)(=O)c2cc(-c3sc(NC(C)C4CCOCC4)nc3C)cnc2OC)c(C)c1. The first kappa shape index (κ1) is 27.8. The summed E-state index contributed by atoms with van der Waals surface area (Å²) in [4.78, 5) is 21.5. The Morgan fingerprint density at radius 3 is 2.58 bits per heavy atom. The molecule has 4 rings (SSSR count). The predicted octanol–water partition coefficient (Wildman–Crippen LogP) is 4.64. The molecule has 1 aromatic carbocycles. The molecule has 204 valence electrons. The number of methoxy groups -OCH3 is 2. The number of sulfonamides is 1. The van der Waals surface area contributed by atoms with Crippen LogP contribution in [0.2, 0.25) is 0 Å². The van der Waals surface area contributed by atoms with Crippen molar-refractivity contribution in [2.75, 3.05) is 37.5 Å². The van der Waals surface area contributed by atoms with Gasteiger partial charge in [0.2, 0.25) is 5.88 Å². The summed E-state index contributed by atoms with van der Waals surface area (Å²) in [6, 6.07) is 6.36. The Morgan fingerprint density at radius 1 is 1.18 bits per heavy atom. The highest BCUT2D eigenvalue weighted by molar-refractivity contribution is 7.92. The topological polar surface area (TPSA) is 129 Å². The van der Waals surface area contributed by atoms with Gasteiger partial charge in [-0.3, -0.25) is 4.72 Å². The quantitative estimate of drug-likeness (QED) is 0.360. The van der Waals surface area contributed by atoms with Crippen LogP contribution in [0.5, 0.6) is 5.88 Å². The van der Waals surface area contributed by atoms with Gasteiger partial charge in [0.15, 0.2) is 5.13 Å². The molecule has 0 aliphatic carbocycles. The summed E-state index contributed by atoms with van der Waals surface area (Å²) in [5.74, 6) is -0.0252. The Labute approximate surface area is 226 Å². The van der Waals surface area contributed by atoms with Gasteiger partial charge in [0.25, 0.3) is 10.0 Å². The molecule has 0 radical (unpaired) electrons. The number of rotatable bonds is 9. The van der Waals surface area contributed by atoms with Crippen LogP contribution >= 0.6 is 11.3 Å². The summed E-state index contributed by atoms with van der Waals surface area (Å²) in [7, 11) is -1.43. The van der Waals surface area contributed by atoms with Crippen LogP contribution in [-0.2, 0) is 19.5 Å². The predicted molar refractivity (Wildman–Crippen MR) is 147 cm³/mol. The number of carbonyl (C=O) groups excluding carboxylic acids is 1. The second kappa shape index (κ2) is 11.7. The monoisotopic (exact) mass is 560 g/mol. The van der Waals surface area contributed by atoms with E-state index in [1.807, 2.05) is 6.92 Å². The highest BCUT2D eigenvalue weighted by Crippen LogP contribution is 2.37. The van der Waals surface area contributed by atoms with Gasteiger partial charge in [-0.25, -0.2) is 23.2 Å². The molecular formula is C26H32N4O6S2. The molecular weight excluding hydrogens is 528 g/mol. The molecule has 2 N–H and O–H groups in total. The number of thiazole rings is 1. The number of aromatic nitrogens is 2. The summed E-state index contributed by atoms with van der Waals surface area (Å²) >= 11 is 1.46. The van der Waals surface area contributed by atoms with E-state index in [1.165, 1.54) is 37.7 Å². The minimum atomic E-state index is -4.08. The number of ether oxygens (including phenoxy) is 3. The van der Waals surface area contributed by atoms with Crippen molar-refractivity contribution >= 4 is 38.1 Å². The van der Waals surface area contributed by atoms with E-state index in [0.717, 1.165) is 41.8 Å². The van der Waals surface area contributed by atoms with Crippen LogP contribution in [0.4, 0.5) is 10.8 Å². The van der Waals surface area contributed by atoms with E-state index in [-0.39, 0.29) is 16.8 Å². The van der Waals surface area contributed by atoms with Crippen LogP contribution in [-0.4, -0.2) is 57.8 Å². The zero-order valence-corrected chi connectivity index (χ0v) is 23.7. The van der Waals surface area contributed by atoms with Crippen molar-refractivity contribution < 1.29 is 27.4 Å². The zero-order chi connectivity index (χ0) is 27.4. The van der Waals surface area contributed by atoms with Crippen molar-refractivity contribution in [2.24, 2.45) is 5.92 Å². The van der Waals surface area contributed by atoms with Crippen molar-refractivity contribution in [1.82, 2.24) is 9.97 Å². The number of esters is 1. The minimum Gasteiger partial charge on any atom is -0.480 e. The summed E-state index contributed by atoms with van der Waals surface area (Å²) in [5.41, 5.74) is 2.60. The van der Waals surface area contributed by atoms with Crippen LogP contribution in [0.15, 0.2) is 35.4 Å². The second-order valence-electron chi connectivity index (χ2n) is 9.17. The molecule has 1 aliphatic rings. The molecule has 12 heteroatoms. The maximum Gasteiger partial charge on any atom is 0.337 e. The van der Waals surface area contributed by atoms with Crippen molar-refractivity contribution in [3.8, 4) is 16.3 Å². The molecule has 1 unspecified atom stereocenters. The largest absolute Gasteiger partial charge is 0.480 e. The third kappa shape index (κ3) is 6.08. The van der Waals surface area contributed by atoms with Crippen LogP contribution < -0.4 is 14.8 Å². The number of benzene rings is 1. The molecule has 10 nitrogen and oxygen atoms in total. The van der Waals surface area contributed by atoms with Gasteiger partial charge >= 0.3 is 5.97 Å². The normalized spacial score (nSPS) is 15.1. The Balaban J connectivity index is 1.61. The van der Waals surface area contributed by atoms with E-state index in [2.05, 4.69) is 26.9 Å². The van der Waals surface area contributed by atoms with E-state index >= 15 is 0 Å². The lowest BCUT2D eigenvalue weighted by molar-refractivity contribution is 0.0600. The first-order valence-corrected chi connectivity index (χ1v) is 14.5. The summed E-state index contributed by atoms with van der Waals surface area (Å²) < 4.78 is 45.0. The van der Waals surface area contributed by atoms with E-state index < -0.39 is 16.0 Å². The first-order chi connectivity index (χ1) is 18.1. The summed E-state index contributed by atoms with van der Waals surface area (Å²) in [6.45, 7) is 7.29. The summed E-state index contributed by atoms with van der Waals surface area (Å²) in [5, 5.41) is 4.28. The number of hydrogen-bond acceptors (Lipinski definition) is 10. The number of anilines is 2. The second-order valence-corrected chi connectivity index (χ2v) is 11.8. The Bertz CT molecular complexity index is 1420. The van der Waals surface area contributed by atoms with Crippen LogP contribution in [0.1, 0.15) is 41.4 Å². The molecule has 3 aromatic rings. The van der Waals surface area contributed by atoms with E-state index in [4.69, 9.17) is 14.2 Å². The highest BCUT2D eigenvalue weighted by Gasteiger charge is 2.25. The fraction of sp³-hybridized carbons (Fsp3) is 0.423. The van der Waals surface area contributed by atoms with Crippen LogP contribution in [0.25, 0.3) is 10.4 Å². The molecule has 1 atom stereocenters. The van der Waals surface area contributed by atoms with Gasteiger partial charge in [-0.15, -0.1) is 0 Å². The average Bonchev–Trinajstić information content (AvgIpc) is 3.28. The van der Waals surface area contributed by atoms with E-state index in [1.54, 1.807) is 25.3 Å². The number of carbonyl (C=O) groups is 1. The smallest absolute Gasteiger partial charge is 0.337 e. The average molecular weight is 561 g/mol. The number of pyridine rings is 1. The lowest BCUT2D eigenvalue weighted by atomic mass is 9.93.